The van der Waals surface area contributed by atoms with E-state index in [2.05, 4.69) is 10.3 Å². The van der Waals surface area contributed by atoms with Crippen LogP contribution >= 0.6 is 0 Å². The summed E-state index contributed by atoms with van der Waals surface area (Å²) in [7, 11) is 3.92. The van der Waals surface area contributed by atoms with Gasteiger partial charge in [0.15, 0.2) is 0 Å². The number of pyridine rings is 1. The molecule has 25 heavy (non-hydrogen) atoms. The van der Waals surface area contributed by atoms with E-state index in [0.29, 0.717) is 11.4 Å². The summed E-state index contributed by atoms with van der Waals surface area (Å²) in [5.74, 6) is -0.250. The van der Waals surface area contributed by atoms with E-state index in [4.69, 9.17) is 0 Å². The number of amides is 1. The van der Waals surface area contributed by atoms with Crippen molar-refractivity contribution in [1.82, 2.24) is 14.7 Å². The molecular weight excluding hydrogens is 316 g/mol. The molecule has 3 aromatic rings. The Hall–Kier alpha value is -2.86. The Morgan fingerprint density at radius 3 is 2.64 bits per heavy atom. The maximum atomic E-state index is 12.5. The lowest BCUT2D eigenvalue weighted by molar-refractivity contribution is 0.0910. The van der Waals surface area contributed by atoms with Crippen LogP contribution in [-0.2, 0) is 0 Å². The number of aliphatic hydroxyl groups is 1. The zero-order chi connectivity index (χ0) is 18.0. The molecular formula is C19H22N4O2. The predicted octanol–water partition coefficient (Wildman–Crippen LogP) is 2.17. The van der Waals surface area contributed by atoms with Crippen LogP contribution in [0.2, 0.25) is 0 Å². The third-order valence-corrected chi connectivity index (χ3v) is 4.17. The average Bonchev–Trinajstić information content (AvgIpc) is 2.95. The minimum atomic E-state index is -0.764. The Morgan fingerprint density at radius 1 is 1.24 bits per heavy atom. The second-order valence-corrected chi connectivity index (χ2v) is 6.19. The van der Waals surface area contributed by atoms with Gasteiger partial charge in [0.2, 0.25) is 0 Å². The summed E-state index contributed by atoms with van der Waals surface area (Å²) in [4.78, 5) is 18.9. The zero-order valence-electron chi connectivity index (χ0n) is 14.6. The molecule has 3 rings (SSSR count). The summed E-state index contributed by atoms with van der Waals surface area (Å²) >= 11 is 0. The van der Waals surface area contributed by atoms with Crippen molar-refractivity contribution in [2.24, 2.45) is 0 Å². The minimum absolute atomic E-state index is 0.139. The van der Waals surface area contributed by atoms with Gasteiger partial charge >= 0.3 is 0 Å². The monoisotopic (exact) mass is 338 g/mol. The fourth-order valence-electron chi connectivity index (χ4n) is 2.77. The summed E-state index contributed by atoms with van der Waals surface area (Å²) < 4.78 is 1.75. The van der Waals surface area contributed by atoms with Gasteiger partial charge in [-0.25, -0.2) is 4.98 Å². The Morgan fingerprint density at radius 2 is 1.96 bits per heavy atom. The van der Waals surface area contributed by atoms with Crippen molar-refractivity contribution < 1.29 is 9.90 Å². The number of hydrogen-bond donors (Lipinski definition) is 2. The van der Waals surface area contributed by atoms with Crippen molar-refractivity contribution >= 4 is 17.2 Å². The van der Waals surface area contributed by atoms with Gasteiger partial charge in [0.25, 0.3) is 5.91 Å². The first-order chi connectivity index (χ1) is 12.0. The average molecular weight is 338 g/mol. The first kappa shape index (κ1) is 17.0. The summed E-state index contributed by atoms with van der Waals surface area (Å²) in [6.07, 6.45) is 1.04. The number of nitrogens with one attached hydrogen (secondary N) is 1. The molecule has 0 aliphatic carbocycles. The molecule has 0 radical (unpaired) electrons. The van der Waals surface area contributed by atoms with Gasteiger partial charge in [0, 0.05) is 32.5 Å². The van der Waals surface area contributed by atoms with E-state index in [0.717, 1.165) is 16.9 Å². The molecule has 0 bridgehead atoms. The van der Waals surface area contributed by atoms with Crippen LogP contribution in [0.3, 0.4) is 0 Å². The first-order valence-corrected chi connectivity index (χ1v) is 8.14. The standard InChI is InChI=1S/C19H22N4O2/c1-13-18(23-11-5-4-6-17(23)21-13)19(25)20-12-16(24)14-7-9-15(10-8-14)22(2)3/h4-11,16,24H,12H2,1-3H3,(H,20,25)/t16-/m0/s1. The van der Waals surface area contributed by atoms with Gasteiger partial charge in [-0.05, 0) is 36.8 Å². The Kier molecular flexibility index (Phi) is 4.72. The maximum absolute atomic E-state index is 12.5. The predicted molar refractivity (Wildman–Crippen MR) is 98.0 cm³/mol. The van der Waals surface area contributed by atoms with Gasteiger partial charge in [-0.15, -0.1) is 0 Å². The number of benzene rings is 1. The smallest absolute Gasteiger partial charge is 0.270 e. The SMILES string of the molecule is Cc1nc2ccccn2c1C(=O)NC[C@H](O)c1ccc(N(C)C)cc1. The number of nitrogens with zero attached hydrogens (tertiary/aromatic N) is 3. The molecule has 2 N–H and O–H groups in total. The quantitative estimate of drug-likeness (QED) is 0.748. The van der Waals surface area contributed by atoms with Crippen LogP contribution < -0.4 is 10.2 Å². The first-order valence-electron chi connectivity index (χ1n) is 8.14. The lowest BCUT2D eigenvalue weighted by Gasteiger charge is -2.16. The maximum Gasteiger partial charge on any atom is 0.270 e. The molecule has 6 heteroatoms. The van der Waals surface area contributed by atoms with Gasteiger partial charge in [0.1, 0.15) is 11.3 Å². The van der Waals surface area contributed by atoms with E-state index in [1.165, 1.54) is 0 Å². The van der Waals surface area contributed by atoms with Crippen LogP contribution in [0.15, 0.2) is 48.7 Å². The molecule has 2 heterocycles. The number of fused-ring (bicyclic) bond motifs is 1. The van der Waals surface area contributed by atoms with E-state index < -0.39 is 6.10 Å². The van der Waals surface area contributed by atoms with Crippen molar-refractivity contribution in [2.45, 2.75) is 13.0 Å². The second-order valence-electron chi connectivity index (χ2n) is 6.19. The van der Waals surface area contributed by atoms with Crippen molar-refractivity contribution in [3.05, 3.63) is 65.6 Å². The molecule has 0 unspecified atom stereocenters. The lowest BCUT2D eigenvalue weighted by Crippen LogP contribution is -2.29. The number of rotatable bonds is 5. The van der Waals surface area contributed by atoms with Crippen LogP contribution in [0, 0.1) is 6.92 Å². The summed E-state index contributed by atoms with van der Waals surface area (Å²) in [6, 6.07) is 13.2. The normalized spacial score (nSPS) is 12.2. The summed E-state index contributed by atoms with van der Waals surface area (Å²) in [5, 5.41) is 13.1. The number of aryl methyl sites for hydroxylation is 1. The molecule has 1 amide bonds. The molecule has 0 saturated carbocycles. The highest BCUT2D eigenvalue weighted by molar-refractivity contribution is 5.94. The number of aromatic nitrogens is 2. The van der Waals surface area contributed by atoms with Crippen LogP contribution in [0.4, 0.5) is 5.69 Å². The van der Waals surface area contributed by atoms with E-state index in [-0.39, 0.29) is 12.5 Å². The summed E-state index contributed by atoms with van der Waals surface area (Å²) in [5.41, 5.74) is 3.70. The number of imidazole rings is 1. The van der Waals surface area contributed by atoms with E-state index >= 15 is 0 Å². The van der Waals surface area contributed by atoms with Crippen LogP contribution in [0.5, 0.6) is 0 Å². The fourth-order valence-corrected chi connectivity index (χ4v) is 2.77. The van der Waals surface area contributed by atoms with Gasteiger partial charge in [-0.2, -0.15) is 0 Å². The van der Waals surface area contributed by atoms with Crippen molar-refractivity contribution in [3.63, 3.8) is 0 Å². The van der Waals surface area contributed by atoms with E-state index in [1.807, 2.05) is 61.5 Å². The molecule has 1 aromatic carbocycles. The van der Waals surface area contributed by atoms with Gasteiger partial charge in [-0.3, -0.25) is 9.20 Å². The van der Waals surface area contributed by atoms with Gasteiger partial charge < -0.3 is 15.3 Å². The molecule has 0 fully saturated rings. The Balaban J connectivity index is 1.70. The highest BCUT2D eigenvalue weighted by Gasteiger charge is 2.17. The molecule has 0 spiro atoms. The molecule has 0 aliphatic heterocycles. The van der Waals surface area contributed by atoms with Crippen molar-refractivity contribution in [3.8, 4) is 0 Å². The molecule has 6 nitrogen and oxygen atoms in total. The Bertz CT molecular complexity index is 884. The van der Waals surface area contributed by atoms with Crippen molar-refractivity contribution in [2.75, 3.05) is 25.5 Å². The lowest BCUT2D eigenvalue weighted by atomic mass is 10.1. The third kappa shape index (κ3) is 3.49. The minimum Gasteiger partial charge on any atom is -0.387 e. The van der Waals surface area contributed by atoms with Crippen molar-refractivity contribution in [1.29, 1.82) is 0 Å². The van der Waals surface area contributed by atoms with Crippen LogP contribution in [0.1, 0.15) is 27.8 Å². The summed E-state index contributed by atoms with van der Waals surface area (Å²) in [6.45, 7) is 1.94. The zero-order valence-corrected chi connectivity index (χ0v) is 14.6. The molecule has 1 atom stereocenters. The Labute approximate surface area is 146 Å². The molecule has 2 aromatic heterocycles. The molecule has 130 valence electrons. The number of carbonyl (C=O) groups is 1. The number of anilines is 1. The second kappa shape index (κ2) is 6.94. The van der Waals surface area contributed by atoms with Crippen LogP contribution in [-0.4, -0.2) is 41.0 Å². The highest BCUT2D eigenvalue weighted by Crippen LogP contribution is 2.18. The van der Waals surface area contributed by atoms with Gasteiger partial charge in [0.05, 0.1) is 11.8 Å². The number of carbonyl (C=O) groups excluding carboxylic acids is 1. The van der Waals surface area contributed by atoms with E-state index in [9.17, 15) is 9.90 Å². The van der Waals surface area contributed by atoms with Crippen LogP contribution in [0.25, 0.3) is 5.65 Å². The third-order valence-electron chi connectivity index (χ3n) is 4.17. The van der Waals surface area contributed by atoms with Gasteiger partial charge in [-0.1, -0.05) is 18.2 Å². The largest absolute Gasteiger partial charge is 0.387 e. The molecule has 0 aliphatic rings. The number of aliphatic hydroxyl groups excluding tert-OH is 1. The fraction of sp³-hybridized carbons (Fsp3) is 0.263. The van der Waals surface area contributed by atoms with E-state index in [1.54, 1.807) is 17.5 Å². The highest BCUT2D eigenvalue weighted by atomic mass is 16.3. The topological polar surface area (TPSA) is 69.9 Å². The molecule has 0 saturated heterocycles. The number of hydrogen-bond acceptors (Lipinski definition) is 4.